The number of hydrogen-bond acceptors (Lipinski definition) is 3. The number of nitrogens with two attached hydrogens (primary N) is 1. The fourth-order valence-electron chi connectivity index (χ4n) is 1.86. The summed E-state index contributed by atoms with van der Waals surface area (Å²) in [5, 5.41) is 2.82. The number of nitrogens with one attached hydrogen (secondary N) is 1. The second-order valence-electron chi connectivity index (χ2n) is 4.74. The van der Waals surface area contributed by atoms with E-state index >= 15 is 0 Å². The molecule has 92 valence electrons. The van der Waals surface area contributed by atoms with Gasteiger partial charge in [0.05, 0.1) is 6.04 Å². The normalized spacial score (nSPS) is 22.3. The molecule has 0 saturated carbocycles. The van der Waals surface area contributed by atoms with Crippen LogP contribution in [0.3, 0.4) is 0 Å². The summed E-state index contributed by atoms with van der Waals surface area (Å²) < 4.78 is 0. The summed E-state index contributed by atoms with van der Waals surface area (Å²) in [5.74, 6) is 0.0858. The van der Waals surface area contributed by atoms with Crippen molar-refractivity contribution in [1.82, 2.24) is 10.2 Å². The second kappa shape index (κ2) is 5.30. The fourth-order valence-corrected chi connectivity index (χ4v) is 1.86. The predicted octanol–water partition coefficient (Wildman–Crippen LogP) is -0.293. The van der Waals surface area contributed by atoms with Crippen molar-refractivity contribution >= 4 is 11.8 Å². The van der Waals surface area contributed by atoms with E-state index < -0.39 is 6.04 Å². The standard InChI is InChI=1S/C11H21N3O2/c1-7(2)10(12)11(16)14-5-4-9(6-14)13-8(3)15/h7,9-10H,4-6,12H2,1-3H3,(H,13,15)/t9-,10+/m1/s1. The van der Waals surface area contributed by atoms with Gasteiger partial charge in [0.15, 0.2) is 0 Å². The minimum Gasteiger partial charge on any atom is -0.352 e. The Bertz CT molecular complexity index is 278. The number of amides is 2. The van der Waals surface area contributed by atoms with Gasteiger partial charge < -0.3 is 16.0 Å². The maximum atomic E-state index is 11.9. The largest absolute Gasteiger partial charge is 0.352 e. The second-order valence-corrected chi connectivity index (χ2v) is 4.74. The molecule has 5 nitrogen and oxygen atoms in total. The van der Waals surface area contributed by atoms with Crippen LogP contribution in [0.2, 0.25) is 0 Å². The molecule has 0 aromatic rings. The van der Waals surface area contributed by atoms with E-state index in [1.165, 1.54) is 6.92 Å². The summed E-state index contributed by atoms with van der Waals surface area (Å²) >= 11 is 0. The topological polar surface area (TPSA) is 75.4 Å². The van der Waals surface area contributed by atoms with Crippen molar-refractivity contribution in [2.75, 3.05) is 13.1 Å². The van der Waals surface area contributed by atoms with Crippen LogP contribution in [-0.4, -0.2) is 41.9 Å². The van der Waals surface area contributed by atoms with Crippen LogP contribution >= 0.6 is 0 Å². The molecule has 1 fully saturated rings. The number of carbonyl (C=O) groups is 2. The lowest BCUT2D eigenvalue weighted by Gasteiger charge is -2.23. The lowest BCUT2D eigenvalue weighted by molar-refractivity contribution is -0.132. The number of rotatable bonds is 3. The third-order valence-corrected chi connectivity index (χ3v) is 2.91. The quantitative estimate of drug-likeness (QED) is 0.695. The van der Waals surface area contributed by atoms with Crippen molar-refractivity contribution in [3.05, 3.63) is 0 Å². The molecule has 2 atom stereocenters. The van der Waals surface area contributed by atoms with E-state index in [0.29, 0.717) is 13.1 Å². The van der Waals surface area contributed by atoms with Gasteiger partial charge >= 0.3 is 0 Å². The summed E-state index contributed by atoms with van der Waals surface area (Å²) in [6, 6.07) is -0.350. The molecule has 0 bridgehead atoms. The Kier molecular flexibility index (Phi) is 4.29. The lowest BCUT2D eigenvalue weighted by atomic mass is 10.0. The van der Waals surface area contributed by atoms with Gasteiger partial charge in [-0.3, -0.25) is 9.59 Å². The molecule has 1 aliphatic heterocycles. The molecule has 1 rings (SSSR count). The van der Waals surface area contributed by atoms with Crippen LogP contribution in [0.1, 0.15) is 27.2 Å². The summed E-state index contributed by atoms with van der Waals surface area (Å²) in [6.07, 6.45) is 0.816. The first-order valence-electron chi connectivity index (χ1n) is 5.73. The predicted molar refractivity (Wildman–Crippen MR) is 61.6 cm³/mol. The summed E-state index contributed by atoms with van der Waals surface area (Å²) in [7, 11) is 0. The van der Waals surface area contributed by atoms with E-state index in [1.807, 2.05) is 13.8 Å². The molecule has 0 aromatic carbocycles. The highest BCUT2D eigenvalue weighted by molar-refractivity contribution is 5.82. The average Bonchev–Trinajstić information content (AvgIpc) is 2.62. The molecule has 5 heteroatoms. The molecule has 0 aromatic heterocycles. The maximum absolute atomic E-state index is 11.9. The maximum Gasteiger partial charge on any atom is 0.239 e. The number of nitrogens with zero attached hydrogens (tertiary/aromatic N) is 1. The van der Waals surface area contributed by atoms with Crippen molar-refractivity contribution in [3.8, 4) is 0 Å². The van der Waals surface area contributed by atoms with Gasteiger partial charge in [-0.2, -0.15) is 0 Å². The van der Waals surface area contributed by atoms with Crippen molar-refractivity contribution in [1.29, 1.82) is 0 Å². The van der Waals surface area contributed by atoms with E-state index in [2.05, 4.69) is 5.32 Å². The van der Waals surface area contributed by atoms with Crippen molar-refractivity contribution in [2.45, 2.75) is 39.3 Å². The SMILES string of the molecule is CC(=O)N[C@@H]1CCN(C(=O)[C@@H](N)C(C)C)C1. The molecule has 16 heavy (non-hydrogen) atoms. The molecular formula is C11H21N3O2. The van der Waals surface area contributed by atoms with Crippen LogP contribution < -0.4 is 11.1 Å². The Morgan fingerprint density at radius 3 is 2.56 bits per heavy atom. The highest BCUT2D eigenvalue weighted by Crippen LogP contribution is 2.12. The molecule has 1 aliphatic rings. The Labute approximate surface area is 96.4 Å². The van der Waals surface area contributed by atoms with Gasteiger partial charge in [-0.15, -0.1) is 0 Å². The van der Waals surface area contributed by atoms with Crippen molar-refractivity contribution in [3.63, 3.8) is 0 Å². The number of likely N-dealkylation sites (tertiary alicyclic amines) is 1. The fraction of sp³-hybridized carbons (Fsp3) is 0.818. The Morgan fingerprint density at radius 1 is 1.44 bits per heavy atom. The monoisotopic (exact) mass is 227 g/mol. The van der Waals surface area contributed by atoms with Gasteiger partial charge in [0.1, 0.15) is 0 Å². The van der Waals surface area contributed by atoms with E-state index in [-0.39, 0.29) is 23.8 Å². The molecule has 0 spiro atoms. The first-order chi connectivity index (χ1) is 7.41. The Hall–Kier alpha value is -1.10. The minimum atomic E-state index is -0.434. The van der Waals surface area contributed by atoms with Crippen LogP contribution in [0.15, 0.2) is 0 Å². The van der Waals surface area contributed by atoms with E-state index in [4.69, 9.17) is 5.73 Å². The smallest absolute Gasteiger partial charge is 0.239 e. The Morgan fingerprint density at radius 2 is 2.06 bits per heavy atom. The van der Waals surface area contributed by atoms with Gasteiger partial charge in [-0.1, -0.05) is 13.8 Å². The average molecular weight is 227 g/mol. The van der Waals surface area contributed by atoms with Gasteiger partial charge in [0.2, 0.25) is 11.8 Å². The van der Waals surface area contributed by atoms with E-state index in [9.17, 15) is 9.59 Å². The van der Waals surface area contributed by atoms with Crippen LogP contribution in [0.4, 0.5) is 0 Å². The highest BCUT2D eigenvalue weighted by atomic mass is 16.2. The summed E-state index contributed by atoms with van der Waals surface area (Å²) in [4.78, 5) is 24.5. The number of hydrogen-bond donors (Lipinski definition) is 2. The molecule has 0 unspecified atom stereocenters. The summed E-state index contributed by atoms with van der Waals surface area (Å²) in [6.45, 7) is 6.63. The van der Waals surface area contributed by atoms with E-state index in [1.54, 1.807) is 4.90 Å². The first-order valence-corrected chi connectivity index (χ1v) is 5.73. The Balaban J connectivity index is 2.46. The van der Waals surface area contributed by atoms with Crippen LogP contribution in [0, 0.1) is 5.92 Å². The molecular weight excluding hydrogens is 206 g/mol. The highest BCUT2D eigenvalue weighted by Gasteiger charge is 2.30. The van der Waals surface area contributed by atoms with Crippen molar-refractivity contribution in [2.24, 2.45) is 11.7 Å². The third kappa shape index (κ3) is 3.20. The zero-order valence-corrected chi connectivity index (χ0v) is 10.2. The molecule has 1 heterocycles. The van der Waals surface area contributed by atoms with Crippen molar-refractivity contribution < 1.29 is 9.59 Å². The summed E-state index contributed by atoms with van der Waals surface area (Å²) in [5.41, 5.74) is 5.81. The molecule has 3 N–H and O–H groups in total. The molecule has 0 aliphatic carbocycles. The minimum absolute atomic E-state index is 0.0112. The van der Waals surface area contributed by atoms with E-state index in [0.717, 1.165) is 6.42 Å². The zero-order valence-electron chi connectivity index (χ0n) is 10.2. The van der Waals surface area contributed by atoms with Gasteiger partial charge in [0, 0.05) is 26.1 Å². The molecule has 0 radical (unpaired) electrons. The van der Waals surface area contributed by atoms with Gasteiger partial charge in [-0.25, -0.2) is 0 Å². The van der Waals surface area contributed by atoms with Crippen LogP contribution in [0.25, 0.3) is 0 Å². The zero-order chi connectivity index (χ0) is 12.3. The molecule has 1 saturated heterocycles. The first kappa shape index (κ1) is 13.0. The third-order valence-electron chi connectivity index (χ3n) is 2.91. The van der Waals surface area contributed by atoms with Crippen LogP contribution in [-0.2, 0) is 9.59 Å². The van der Waals surface area contributed by atoms with Gasteiger partial charge in [-0.05, 0) is 12.3 Å². The van der Waals surface area contributed by atoms with Gasteiger partial charge in [0.25, 0.3) is 0 Å². The number of carbonyl (C=O) groups excluding carboxylic acids is 2. The van der Waals surface area contributed by atoms with Crippen LogP contribution in [0.5, 0.6) is 0 Å². The lowest BCUT2D eigenvalue weighted by Crippen LogP contribution is -2.46. The molecule has 2 amide bonds.